The maximum atomic E-state index is 13.2. The molecule has 3 aromatic rings. The van der Waals surface area contributed by atoms with Gasteiger partial charge in [-0.2, -0.15) is 0 Å². The molecule has 1 aliphatic heterocycles. The molecule has 208 valence electrons. The average Bonchev–Trinajstić information content (AvgIpc) is 3.26. The number of carbonyl (C=O) groups excluding carboxylic acids is 3. The van der Waals surface area contributed by atoms with E-state index in [0.29, 0.717) is 42.3 Å². The van der Waals surface area contributed by atoms with Crippen molar-refractivity contribution in [1.29, 1.82) is 0 Å². The number of aliphatic imine (C=N–C) groups is 1. The topological polar surface area (TPSA) is 118 Å². The van der Waals surface area contributed by atoms with Gasteiger partial charge in [0.2, 0.25) is 5.91 Å². The van der Waals surface area contributed by atoms with E-state index in [1.165, 1.54) is 7.11 Å². The number of nitrogens with zero attached hydrogens (tertiary/aromatic N) is 1. The molecule has 1 heterocycles. The monoisotopic (exact) mass is 542 g/mol. The molecule has 0 spiro atoms. The van der Waals surface area contributed by atoms with E-state index < -0.39 is 23.6 Å². The number of fused-ring (bicyclic) bond motifs is 1. The molecule has 1 aliphatic rings. The van der Waals surface area contributed by atoms with E-state index in [1.54, 1.807) is 18.2 Å². The lowest BCUT2D eigenvalue weighted by atomic mass is 9.90. The SMILES string of the molecule is COC(=O)c1ccc2c(c1)NC(=O)C2C(=Nc1ccc(CNCCNC(=O)OC(C)(C)C)cc1)c1ccccc1. The molecule has 0 fully saturated rings. The third kappa shape index (κ3) is 7.33. The van der Waals surface area contributed by atoms with Crippen LogP contribution >= 0.6 is 0 Å². The molecular formula is C31H34N4O5. The molecule has 0 bridgehead atoms. The lowest BCUT2D eigenvalue weighted by Crippen LogP contribution is -2.36. The number of esters is 1. The van der Waals surface area contributed by atoms with Crippen molar-refractivity contribution < 1.29 is 23.9 Å². The Morgan fingerprint density at radius 2 is 1.68 bits per heavy atom. The molecule has 0 aliphatic carbocycles. The van der Waals surface area contributed by atoms with Gasteiger partial charge in [0.05, 0.1) is 24.1 Å². The van der Waals surface area contributed by atoms with Crippen LogP contribution in [0.3, 0.4) is 0 Å². The molecule has 4 rings (SSSR count). The minimum absolute atomic E-state index is 0.208. The van der Waals surface area contributed by atoms with Crippen molar-refractivity contribution in [3.8, 4) is 0 Å². The Hall–Kier alpha value is -4.50. The molecule has 2 amide bonds. The van der Waals surface area contributed by atoms with Gasteiger partial charge in [-0.05, 0) is 61.7 Å². The number of ether oxygens (including phenoxy) is 2. The van der Waals surface area contributed by atoms with Crippen molar-refractivity contribution in [3.05, 3.63) is 95.1 Å². The van der Waals surface area contributed by atoms with Crippen molar-refractivity contribution >= 4 is 35.1 Å². The van der Waals surface area contributed by atoms with Gasteiger partial charge in [0.1, 0.15) is 11.5 Å². The summed E-state index contributed by atoms with van der Waals surface area (Å²) < 4.78 is 10.0. The highest BCUT2D eigenvalue weighted by Crippen LogP contribution is 2.37. The molecular weight excluding hydrogens is 508 g/mol. The summed E-state index contributed by atoms with van der Waals surface area (Å²) in [5.41, 5.74) is 4.37. The van der Waals surface area contributed by atoms with E-state index >= 15 is 0 Å². The highest BCUT2D eigenvalue weighted by atomic mass is 16.6. The zero-order chi connectivity index (χ0) is 28.7. The van der Waals surface area contributed by atoms with Gasteiger partial charge in [-0.3, -0.25) is 9.79 Å². The number of anilines is 1. The van der Waals surface area contributed by atoms with Crippen LogP contribution < -0.4 is 16.0 Å². The Labute approximate surface area is 234 Å². The summed E-state index contributed by atoms with van der Waals surface area (Å²) in [6, 6.07) is 22.4. The van der Waals surface area contributed by atoms with Gasteiger partial charge in [-0.1, -0.05) is 48.5 Å². The van der Waals surface area contributed by atoms with Crippen molar-refractivity contribution in [2.24, 2.45) is 4.99 Å². The molecule has 0 saturated heterocycles. The third-order valence-corrected chi connectivity index (χ3v) is 6.13. The molecule has 0 aromatic heterocycles. The first-order chi connectivity index (χ1) is 19.1. The maximum absolute atomic E-state index is 13.2. The van der Waals surface area contributed by atoms with Crippen LogP contribution in [0.4, 0.5) is 16.2 Å². The highest BCUT2D eigenvalue weighted by molar-refractivity contribution is 6.24. The van der Waals surface area contributed by atoms with Crippen LogP contribution in [0.25, 0.3) is 0 Å². The Morgan fingerprint density at radius 1 is 0.950 bits per heavy atom. The first-order valence-corrected chi connectivity index (χ1v) is 13.1. The number of amides is 2. The molecule has 3 N–H and O–H groups in total. The molecule has 9 nitrogen and oxygen atoms in total. The molecule has 1 atom stereocenters. The quantitative estimate of drug-likeness (QED) is 0.200. The molecule has 0 radical (unpaired) electrons. The van der Waals surface area contributed by atoms with E-state index in [0.717, 1.165) is 16.7 Å². The van der Waals surface area contributed by atoms with E-state index in [-0.39, 0.29) is 5.91 Å². The minimum atomic E-state index is -0.636. The molecule has 1 unspecified atom stereocenters. The lowest BCUT2D eigenvalue weighted by molar-refractivity contribution is -0.115. The van der Waals surface area contributed by atoms with Gasteiger partial charge in [0, 0.05) is 25.3 Å². The Bertz CT molecular complexity index is 1400. The van der Waals surface area contributed by atoms with Crippen LogP contribution in [0.2, 0.25) is 0 Å². The summed E-state index contributed by atoms with van der Waals surface area (Å²) in [5.74, 6) is -1.31. The van der Waals surface area contributed by atoms with Gasteiger partial charge >= 0.3 is 12.1 Å². The number of carbonyl (C=O) groups is 3. The number of methoxy groups -OCH3 is 1. The predicted octanol–water partition coefficient (Wildman–Crippen LogP) is 4.94. The smallest absolute Gasteiger partial charge is 0.407 e. The van der Waals surface area contributed by atoms with Gasteiger partial charge in [0.15, 0.2) is 0 Å². The summed E-state index contributed by atoms with van der Waals surface area (Å²) in [7, 11) is 1.32. The molecule has 3 aromatic carbocycles. The summed E-state index contributed by atoms with van der Waals surface area (Å²) in [5, 5.41) is 8.91. The van der Waals surface area contributed by atoms with E-state index in [1.807, 2.05) is 75.4 Å². The second-order valence-electron chi connectivity index (χ2n) is 10.4. The summed E-state index contributed by atoms with van der Waals surface area (Å²) in [6.07, 6.45) is -0.437. The Morgan fingerprint density at radius 3 is 2.35 bits per heavy atom. The zero-order valence-corrected chi connectivity index (χ0v) is 23.1. The summed E-state index contributed by atoms with van der Waals surface area (Å²) in [4.78, 5) is 41.8. The van der Waals surface area contributed by atoms with Gasteiger partial charge in [-0.15, -0.1) is 0 Å². The number of alkyl carbamates (subject to hydrolysis) is 1. The van der Waals surface area contributed by atoms with Crippen LogP contribution in [0, 0.1) is 0 Å². The lowest BCUT2D eigenvalue weighted by Gasteiger charge is -2.19. The zero-order valence-electron chi connectivity index (χ0n) is 23.1. The van der Waals surface area contributed by atoms with Crippen LogP contribution in [0.1, 0.15) is 53.7 Å². The maximum Gasteiger partial charge on any atom is 0.407 e. The van der Waals surface area contributed by atoms with Crippen molar-refractivity contribution in [1.82, 2.24) is 10.6 Å². The summed E-state index contributed by atoms with van der Waals surface area (Å²) in [6.45, 7) is 7.13. The van der Waals surface area contributed by atoms with Crippen LogP contribution in [0.5, 0.6) is 0 Å². The van der Waals surface area contributed by atoms with Crippen LogP contribution in [-0.2, 0) is 20.8 Å². The number of hydrogen-bond donors (Lipinski definition) is 3. The van der Waals surface area contributed by atoms with Crippen molar-refractivity contribution in [2.75, 3.05) is 25.5 Å². The first kappa shape index (κ1) is 28.5. The van der Waals surface area contributed by atoms with Crippen molar-refractivity contribution in [3.63, 3.8) is 0 Å². The second kappa shape index (κ2) is 12.6. The standard InChI is InChI=1S/C31H34N4O5/c1-31(2,3)40-30(38)33-17-16-32-19-20-10-13-23(14-11-20)34-27(21-8-6-5-7-9-21)26-24-15-12-22(29(37)39-4)18-25(24)35-28(26)36/h5-15,18,26,32H,16-17,19H2,1-4H3,(H,33,38)(H,35,36). The number of nitrogens with one attached hydrogen (secondary N) is 3. The third-order valence-electron chi connectivity index (χ3n) is 6.13. The Balaban J connectivity index is 1.47. The second-order valence-corrected chi connectivity index (χ2v) is 10.4. The van der Waals surface area contributed by atoms with Crippen LogP contribution in [-0.4, -0.2) is 49.5 Å². The number of benzene rings is 3. The van der Waals surface area contributed by atoms with E-state index in [4.69, 9.17) is 14.5 Å². The Kier molecular flexibility index (Phi) is 8.96. The number of hydrogen-bond acceptors (Lipinski definition) is 7. The molecule has 0 saturated carbocycles. The predicted molar refractivity (Wildman–Crippen MR) is 154 cm³/mol. The molecule has 9 heteroatoms. The fourth-order valence-electron chi connectivity index (χ4n) is 4.31. The fourth-order valence-corrected chi connectivity index (χ4v) is 4.31. The van der Waals surface area contributed by atoms with Gasteiger partial charge in [-0.25, -0.2) is 9.59 Å². The van der Waals surface area contributed by atoms with E-state index in [9.17, 15) is 14.4 Å². The van der Waals surface area contributed by atoms with Gasteiger partial charge < -0.3 is 25.4 Å². The first-order valence-electron chi connectivity index (χ1n) is 13.1. The fraction of sp³-hybridized carbons (Fsp3) is 0.290. The largest absolute Gasteiger partial charge is 0.465 e. The molecule has 40 heavy (non-hydrogen) atoms. The average molecular weight is 543 g/mol. The number of rotatable bonds is 9. The van der Waals surface area contributed by atoms with Gasteiger partial charge in [0.25, 0.3) is 0 Å². The summed E-state index contributed by atoms with van der Waals surface area (Å²) >= 11 is 0. The highest BCUT2D eigenvalue weighted by Gasteiger charge is 2.36. The minimum Gasteiger partial charge on any atom is -0.465 e. The van der Waals surface area contributed by atoms with E-state index in [2.05, 4.69) is 16.0 Å². The van der Waals surface area contributed by atoms with Crippen LogP contribution in [0.15, 0.2) is 77.8 Å². The van der Waals surface area contributed by atoms with Crippen molar-refractivity contribution in [2.45, 2.75) is 38.8 Å². The normalized spacial score (nSPS) is 14.8.